The third kappa shape index (κ3) is 4.73. The Morgan fingerprint density at radius 3 is 2.39 bits per heavy atom. The fraction of sp³-hybridized carbons (Fsp3) is 0.0435. The maximum absolute atomic E-state index is 13.9. The summed E-state index contributed by atoms with van der Waals surface area (Å²) in [6.45, 7) is 0.264. The Hall–Kier alpha value is -2.94. The van der Waals surface area contributed by atoms with Crippen LogP contribution < -0.4 is 17.0 Å². The molecule has 0 aliphatic heterocycles. The van der Waals surface area contributed by atoms with E-state index in [0.717, 1.165) is 11.1 Å². The van der Waals surface area contributed by atoms with Gasteiger partial charge in [-0.05, 0) is 48.0 Å². The van der Waals surface area contributed by atoms with Crippen molar-refractivity contribution in [3.63, 3.8) is 0 Å². The van der Waals surface area contributed by atoms with Crippen molar-refractivity contribution in [2.45, 2.75) is 6.54 Å². The summed E-state index contributed by atoms with van der Waals surface area (Å²) in [7, 11) is 0. The van der Waals surface area contributed by atoms with Crippen LogP contribution in [0.25, 0.3) is 28.3 Å². The molecule has 0 aliphatic carbocycles. The number of nitrogens with two attached hydrogens (primary N) is 2. The highest BCUT2D eigenvalue weighted by molar-refractivity contribution is 6.31. The van der Waals surface area contributed by atoms with Crippen LogP contribution in [0.2, 0.25) is 10.0 Å². The molecule has 33 heavy (non-hydrogen) atoms. The van der Waals surface area contributed by atoms with Crippen molar-refractivity contribution in [1.82, 2.24) is 15.0 Å². The number of carbonyl (C=O) groups is 1. The molecule has 0 atom stereocenters. The van der Waals surface area contributed by atoms with E-state index in [0.29, 0.717) is 27.8 Å². The van der Waals surface area contributed by atoms with Gasteiger partial charge in [0.2, 0.25) is 0 Å². The van der Waals surface area contributed by atoms with E-state index in [9.17, 15) is 9.18 Å². The molecule has 3 aromatic carbocycles. The molecule has 5 N–H and O–H groups in total. The molecule has 0 radical (unpaired) electrons. The first-order valence-electron chi connectivity index (χ1n) is 9.58. The van der Waals surface area contributed by atoms with E-state index in [1.54, 1.807) is 28.8 Å². The van der Waals surface area contributed by atoms with Gasteiger partial charge in [-0.1, -0.05) is 47.5 Å². The topological polar surface area (TPSA) is 99.0 Å². The molecule has 4 rings (SSSR count). The zero-order valence-electron chi connectivity index (χ0n) is 17.1. The number of nitrogen functional groups attached to an aromatic ring is 1. The van der Waals surface area contributed by atoms with Crippen molar-refractivity contribution in [1.29, 1.82) is 0 Å². The van der Waals surface area contributed by atoms with Crippen molar-refractivity contribution in [2.24, 2.45) is 11.6 Å². The number of nitrogens with zero attached hydrogens (tertiary/aromatic N) is 2. The Bertz CT molecular complexity index is 1310. The lowest BCUT2D eigenvalue weighted by Gasteiger charge is -2.15. The molecule has 1 heterocycles. The van der Waals surface area contributed by atoms with E-state index < -0.39 is 11.7 Å². The van der Waals surface area contributed by atoms with E-state index in [4.69, 9.17) is 34.8 Å². The summed E-state index contributed by atoms with van der Waals surface area (Å²) < 4.78 is 15.7. The Kier molecular flexibility index (Phi) is 7.73. The minimum Gasteiger partial charge on any atom is -0.326 e. The van der Waals surface area contributed by atoms with Gasteiger partial charge in [0.15, 0.2) is 5.69 Å². The first-order valence-corrected chi connectivity index (χ1v) is 10.3. The minimum atomic E-state index is -0.611. The predicted molar refractivity (Wildman–Crippen MR) is 131 cm³/mol. The standard InChI is InChI=1S/C23H18Cl2FN5O.ClH/c24-15-6-8-16(9-7-15)31-21(13-5-10-19(26)18(25)11-13)20(23(32)30-28)29-22(31)17-4-2-1-3-14(17)12-27;/h1-11H,12,27-28H2,(H,30,32);1H. The van der Waals surface area contributed by atoms with Crippen LogP contribution in [-0.4, -0.2) is 15.5 Å². The van der Waals surface area contributed by atoms with Gasteiger partial charge in [0.1, 0.15) is 11.6 Å². The highest BCUT2D eigenvalue weighted by Gasteiger charge is 2.26. The average molecular weight is 507 g/mol. The second kappa shape index (κ2) is 10.3. The van der Waals surface area contributed by atoms with Gasteiger partial charge in [-0.2, -0.15) is 0 Å². The molecule has 170 valence electrons. The predicted octanol–water partition coefficient (Wildman–Crippen LogP) is 5.14. The molecule has 0 aliphatic rings. The van der Waals surface area contributed by atoms with E-state index in [1.807, 2.05) is 24.3 Å². The molecular formula is C23H19Cl3FN5O. The smallest absolute Gasteiger partial charge is 0.286 e. The lowest BCUT2D eigenvalue weighted by atomic mass is 10.1. The van der Waals surface area contributed by atoms with Crippen molar-refractivity contribution in [3.05, 3.63) is 93.8 Å². The third-order valence-corrected chi connectivity index (χ3v) is 5.52. The van der Waals surface area contributed by atoms with Crippen LogP contribution in [0.3, 0.4) is 0 Å². The number of hydrogen-bond acceptors (Lipinski definition) is 4. The van der Waals surface area contributed by atoms with Crippen LogP contribution in [0.15, 0.2) is 66.7 Å². The number of hydrogen-bond donors (Lipinski definition) is 3. The molecule has 0 saturated carbocycles. The normalized spacial score (nSPS) is 10.6. The van der Waals surface area contributed by atoms with Crippen LogP contribution in [0.1, 0.15) is 16.1 Å². The van der Waals surface area contributed by atoms with E-state index in [2.05, 4.69) is 10.4 Å². The molecular weight excluding hydrogens is 488 g/mol. The van der Waals surface area contributed by atoms with Gasteiger partial charge < -0.3 is 5.73 Å². The zero-order chi connectivity index (χ0) is 22.8. The molecule has 0 unspecified atom stereocenters. The summed E-state index contributed by atoms with van der Waals surface area (Å²) in [6.07, 6.45) is 0. The lowest BCUT2D eigenvalue weighted by Crippen LogP contribution is -2.30. The lowest BCUT2D eigenvalue weighted by molar-refractivity contribution is 0.0950. The summed E-state index contributed by atoms with van der Waals surface area (Å²) in [6, 6.07) is 18.7. The van der Waals surface area contributed by atoms with Crippen molar-refractivity contribution >= 4 is 41.5 Å². The van der Waals surface area contributed by atoms with E-state index in [1.165, 1.54) is 18.2 Å². The van der Waals surface area contributed by atoms with Crippen molar-refractivity contribution < 1.29 is 9.18 Å². The number of hydrazine groups is 1. The quantitative estimate of drug-likeness (QED) is 0.198. The molecule has 0 saturated heterocycles. The van der Waals surface area contributed by atoms with Crippen molar-refractivity contribution in [2.75, 3.05) is 0 Å². The molecule has 0 spiro atoms. The summed E-state index contributed by atoms with van der Waals surface area (Å²) >= 11 is 12.2. The minimum absolute atomic E-state index is 0. The number of carbonyl (C=O) groups excluding carboxylic acids is 1. The number of aromatic nitrogens is 2. The maximum atomic E-state index is 13.9. The average Bonchev–Trinajstić information content (AvgIpc) is 3.21. The van der Waals surface area contributed by atoms with Gasteiger partial charge >= 0.3 is 0 Å². The largest absolute Gasteiger partial charge is 0.326 e. The number of halogens is 4. The summed E-state index contributed by atoms with van der Waals surface area (Å²) in [5.41, 5.74) is 11.2. The van der Waals surface area contributed by atoms with Crippen molar-refractivity contribution in [3.8, 4) is 28.3 Å². The number of benzene rings is 3. The Morgan fingerprint density at radius 1 is 1.06 bits per heavy atom. The fourth-order valence-corrected chi connectivity index (χ4v) is 3.80. The van der Waals surface area contributed by atoms with Gasteiger partial charge in [0.25, 0.3) is 5.91 Å². The second-order valence-corrected chi connectivity index (χ2v) is 7.75. The van der Waals surface area contributed by atoms with Crippen LogP contribution >= 0.6 is 35.6 Å². The van der Waals surface area contributed by atoms with Gasteiger partial charge in [-0.15, -0.1) is 12.4 Å². The summed E-state index contributed by atoms with van der Waals surface area (Å²) in [5, 5.41) is 0.457. The van der Waals surface area contributed by atoms with Gasteiger partial charge in [0.05, 0.1) is 10.7 Å². The molecule has 10 heteroatoms. The monoisotopic (exact) mass is 505 g/mol. The van der Waals surface area contributed by atoms with Crippen LogP contribution in [0.4, 0.5) is 4.39 Å². The fourth-order valence-electron chi connectivity index (χ4n) is 3.50. The molecule has 1 amide bonds. The first-order chi connectivity index (χ1) is 15.4. The third-order valence-electron chi connectivity index (χ3n) is 4.98. The Labute approximate surface area is 205 Å². The number of imidazole rings is 1. The van der Waals surface area contributed by atoms with Gasteiger partial charge in [-0.3, -0.25) is 14.8 Å². The zero-order valence-corrected chi connectivity index (χ0v) is 19.4. The Morgan fingerprint density at radius 2 is 1.76 bits per heavy atom. The summed E-state index contributed by atoms with van der Waals surface area (Å²) in [4.78, 5) is 17.4. The first kappa shape index (κ1) is 24.7. The highest BCUT2D eigenvalue weighted by Crippen LogP contribution is 2.36. The number of rotatable bonds is 5. The molecule has 0 bridgehead atoms. The number of amides is 1. The van der Waals surface area contributed by atoms with Crippen LogP contribution in [0, 0.1) is 5.82 Å². The van der Waals surface area contributed by atoms with Crippen LogP contribution in [-0.2, 0) is 6.54 Å². The summed E-state index contributed by atoms with van der Waals surface area (Å²) in [5.74, 6) is 4.72. The Balaban J connectivity index is 0.00000306. The van der Waals surface area contributed by atoms with Crippen LogP contribution in [0.5, 0.6) is 0 Å². The highest BCUT2D eigenvalue weighted by atomic mass is 35.5. The van der Waals surface area contributed by atoms with E-state index >= 15 is 0 Å². The van der Waals surface area contributed by atoms with Gasteiger partial charge in [0, 0.05) is 28.4 Å². The molecule has 1 aromatic heterocycles. The molecule has 6 nitrogen and oxygen atoms in total. The SMILES string of the molecule is Cl.NCc1ccccc1-c1nc(C(=O)NN)c(-c2ccc(F)c(Cl)c2)n1-c1ccc(Cl)cc1. The maximum Gasteiger partial charge on any atom is 0.286 e. The number of nitrogens with one attached hydrogen (secondary N) is 1. The molecule has 0 fully saturated rings. The van der Waals surface area contributed by atoms with Gasteiger partial charge in [-0.25, -0.2) is 15.2 Å². The van der Waals surface area contributed by atoms with E-state index in [-0.39, 0.29) is 29.7 Å². The molecule has 4 aromatic rings. The second-order valence-electron chi connectivity index (χ2n) is 6.91.